The number of hydrogen-bond donors (Lipinski definition) is 1. The van der Waals surface area contributed by atoms with Gasteiger partial charge in [-0.1, -0.05) is 18.2 Å². The molecule has 0 unspecified atom stereocenters. The van der Waals surface area contributed by atoms with Crippen LogP contribution >= 0.6 is 11.3 Å². The number of nitrogens with zero attached hydrogens (tertiary/aromatic N) is 5. The molecule has 0 spiro atoms. The molecule has 27 heavy (non-hydrogen) atoms. The second kappa shape index (κ2) is 7.88. The molecule has 0 aliphatic rings. The van der Waals surface area contributed by atoms with E-state index in [9.17, 15) is 4.79 Å². The molecule has 3 heterocycles. The quantitative estimate of drug-likeness (QED) is 0.559. The van der Waals surface area contributed by atoms with Crippen LogP contribution in [0.3, 0.4) is 0 Å². The first-order valence-corrected chi connectivity index (χ1v) is 9.23. The fourth-order valence-corrected chi connectivity index (χ4v) is 3.41. The van der Waals surface area contributed by atoms with Crippen LogP contribution in [0, 0.1) is 0 Å². The number of nitrogens with one attached hydrogen (secondary N) is 1. The number of carbonyl (C=O) groups excluding carboxylic acids is 1. The van der Waals surface area contributed by atoms with Gasteiger partial charge in [0.15, 0.2) is 5.82 Å². The number of aromatic nitrogens is 5. The molecular weight excluding hydrogens is 360 g/mol. The summed E-state index contributed by atoms with van der Waals surface area (Å²) in [5.41, 5.74) is 2.64. The summed E-state index contributed by atoms with van der Waals surface area (Å²) in [6.45, 7) is 0.299. The Morgan fingerprint density at radius 3 is 2.85 bits per heavy atom. The second-order valence-corrected chi connectivity index (χ2v) is 6.65. The summed E-state index contributed by atoms with van der Waals surface area (Å²) in [5.74, 6) is 0.560. The molecule has 0 fully saturated rings. The van der Waals surface area contributed by atoms with E-state index in [0.717, 1.165) is 22.0 Å². The molecule has 1 amide bonds. The SMILES string of the molecule is O=C(Cc1csc(-c2cccnc2)n1)NCc1nncn1-c1ccccc1. The molecule has 0 aliphatic carbocycles. The Bertz CT molecular complexity index is 1030. The molecule has 4 rings (SSSR count). The lowest BCUT2D eigenvalue weighted by atomic mass is 10.3. The lowest BCUT2D eigenvalue weighted by molar-refractivity contribution is -0.120. The molecular formula is C19H16N6OS. The smallest absolute Gasteiger partial charge is 0.226 e. The van der Waals surface area contributed by atoms with Crippen LogP contribution < -0.4 is 5.32 Å². The lowest BCUT2D eigenvalue weighted by Crippen LogP contribution is -2.26. The minimum Gasteiger partial charge on any atom is -0.348 e. The van der Waals surface area contributed by atoms with Crippen LogP contribution in [-0.4, -0.2) is 30.6 Å². The summed E-state index contributed by atoms with van der Waals surface area (Å²) in [6.07, 6.45) is 5.34. The first-order valence-electron chi connectivity index (χ1n) is 8.35. The maximum atomic E-state index is 12.3. The van der Waals surface area contributed by atoms with Gasteiger partial charge in [0.1, 0.15) is 11.3 Å². The largest absolute Gasteiger partial charge is 0.348 e. The second-order valence-electron chi connectivity index (χ2n) is 5.79. The molecule has 0 bridgehead atoms. The first-order chi connectivity index (χ1) is 13.3. The molecule has 3 aromatic heterocycles. The van der Waals surface area contributed by atoms with Gasteiger partial charge in [0.25, 0.3) is 0 Å². The molecule has 1 N–H and O–H groups in total. The van der Waals surface area contributed by atoms with Crippen molar-refractivity contribution < 1.29 is 4.79 Å². The van der Waals surface area contributed by atoms with Crippen molar-refractivity contribution in [3.63, 3.8) is 0 Å². The number of carbonyl (C=O) groups is 1. The highest BCUT2D eigenvalue weighted by atomic mass is 32.1. The van der Waals surface area contributed by atoms with E-state index in [0.29, 0.717) is 12.4 Å². The van der Waals surface area contributed by atoms with Gasteiger partial charge in [0, 0.05) is 29.0 Å². The van der Waals surface area contributed by atoms with Crippen LogP contribution in [-0.2, 0) is 17.8 Å². The van der Waals surface area contributed by atoms with Crippen LogP contribution in [0.1, 0.15) is 11.5 Å². The summed E-state index contributed by atoms with van der Waals surface area (Å²) in [7, 11) is 0. The van der Waals surface area contributed by atoms with Crippen molar-refractivity contribution in [2.24, 2.45) is 0 Å². The standard InChI is InChI=1S/C19H16N6OS/c26-18(9-15-12-27-19(23-15)14-5-4-8-20-10-14)21-11-17-24-22-13-25(17)16-6-2-1-3-7-16/h1-8,10,12-13H,9,11H2,(H,21,26). The molecule has 7 nitrogen and oxygen atoms in total. The predicted molar refractivity (Wildman–Crippen MR) is 102 cm³/mol. The number of para-hydroxylation sites is 1. The van der Waals surface area contributed by atoms with Crippen LogP contribution in [0.15, 0.2) is 66.6 Å². The van der Waals surface area contributed by atoms with E-state index >= 15 is 0 Å². The molecule has 4 aromatic rings. The fourth-order valence-electron chi connectivity index (χ4n) is 2.60. The van der Waals surface area contributed by atoms with E-state index in [4.69, 9.17) is 0 Å². The van der Waals surface area contributed by atoms with Crippen molar-refractivity contribution >= 4 is 17.2 Å². The highest BCUT2D eigenvalue weighted by molar-refractivity contribution is 7.13. The van der Waals surface area contributed by atoms with Gasteiger partial charge in [-0.3, -0.25) is 14.3 Å². The summed E-state index contributed by atoms with van der Waals surface area (Å²) >= 11 is 1.50. The van der Waals surface area contributed by atoms with Crippen molar-refractivity contribution in [1.29, 1.82) is 0 Å². The molecule has 134 valence electrons. The third kappa shape index (κ3) is 4.06. The van der Waals surface area contributed by atoms with E-state index in [-0.39, 0.29) is 12.3 Å². The molecule has 1 aromatic carbocycles. The maximum Gasteiger partial charge on any atom is 0.226 e. The number of rotatable bonds is 6. The Labute approximate surface area is 159 Å². The molecule has 0 saturated heterocycles. The van der Waals surface area contributed by atoms with Gasteiger partial charge in [-0.05, 0) is 24.3 Å². The predicted octanol–water partition coefficient (Wildman–Crippen LogP) is 2.64. The van der Waals surface area contributed by atoms with E-state index < -0.39 is 0 Å². The Kier molecular flexibility index (Phi) is 4.97. The number of pyridine rings is 1. The molecule has 0 atom stereocenters. The van der Waals surface area contributed by atoms with Gasteiger partial charge in [0.05, 0.1) is 18.7 Å². The zero-order valence-electron chi connectivity index (χ0n) is 14.3. The molecule has 0 aliphatic heterocycles. The average Bonchev–Trinajstić information content (AvgIpc) is 3.37. The van der Waals surface area contributed by atoms with Gasteiger partial charge in [0.2, 0.25) is 5.91 Å². The normalized spacial score (nSPS) is 10.7. The third-order valence-corrected chi connectivity index (χ3v) is 4.84. The summed E-state index contributed by atoms with van der Waals surface area (Å²) in [5, 5.41) is 13.7. The van der Waals surface area contributed by atoms with Crippen LogP contribution in [0.2, 0.25) is 0 Å². The van der Waals surface area contributed by atoms with Crippen LogP contribution in [0.25, 0.3) is 16.3 Å². The summed E-state index contributed by atoms with van der Waals surface area (Å²) in [6, 6.07) is 13.6. The minimum absolute atomic E-state index is 0.111. The highest BCUT2D eigenvalue weighted by Gasteiger charge is 2.11. The zero-order valence-corrected chi connectivity index (χ0v) is 15.1. The van der Waals surface area contributed by atoms with E-state index in [1.807, 2.05) is 52.4 Å². The topological polar surface area (TPSA) is 85.6 Å². The Balaban J connectivity index is 1.37. The summed E-state index contributed by atoms with van der Waals surface area (Å²) in [4.78, 5) is 20.9. The Morgan fingerprint density at radius 2 is 2.04 bits per heavy atom. The average molecular weight is 376 g/mol. The third-order valence-electron chi connectivity index (χ3n) is 3.90. The van der Waals surface area contributed by atoms with Gasteiger partial charge >= 0.3 is 0 Å². The van der Waals surface area contributed by atoms with E-state index in [1.165, 1.54) is 11.3 Å². The number of hydrogen-bond acceptors (Lipinski definition) is 6. The van der Waals surface area contributed by atoms with Crippen molar-refractivity contribution in [3.05, 3.63) is 78.1 Å². The van der Waals surface area contributed by atoms with Crippen molar-refractivity contribution in [2.75, 3.05) is 0 Å². The van der Waals surface area contributed by atoms with Crippen LogP contribution in [0.4, 0.5) is 0 Å². The van der Waals surface area contributed by atoms with Gasteiger partial charge in [-0.2, -0.15) is 0 Å². The Morgan fingerprint density at radius 1 is 1.15 bits per heavy atom. The zero-order chi connectivity index (χ0) is 18.5. The van der Waals surface area contributed by atoms with Crippen molar-refractivity contribution in [2.45, 2.75) is 13.0 Å². The van der Waals surface area contributed by atoms with Gasteiger partial charge < -0.3 is 5.32 Å². The molecule has 8 heteroatoms. The van der Waals surface area contributed by atoms with Gasteiger partial charge in [-0.15, -0.1) is 21.5 Å². The molecule has 0 saturated carbocycles. The van der Waals surface area contributed by atoms with E-state index in [1.54, 1.807) is 18.7 Å². The van der Waals surface area contributed by atoms with Crippen molar-refractivity contribution in [1.82, 2.24) is 30.0 Å². The minimum atomic E-state index is -0.111. The highest BCUT2D eigenvalue weighted by Crippen LogP contribution is 2.22. The van der Waals surface area contributed by atoms with E-state index in [2.05, 4.69) is 25.5 Å². The lowest BCUT2D eigenvalue weighted by Gasteiger charge is -2.07. The maximum absolute atomic E-state index is 12.3. The first kappa shape index (κ1) is 17.0. The van der Waals surface area contributed by atoms with Gasteiger partial charge in [-0.25, -0.2) is 4.98 Å². The number of amides is 1. The summed E-state index contributed by atoms with van der Waals surface area (Å²) < 4.78 is 1.85. The fraction of sp³-hybridized carbons (Fsp3) is 0.105. The van der Waals surface area contributed by atoms with Crippen molar-refractivity contribution in [3.8, 4) is 16.3 Å². The van der Waals surface area contributed by atoms with Crippen LogP contribution in [0.5, 0.6) is 0 Å². The number of benzene rings is 1. The number of thiazole rings is 1. The molecule has 0 radical (unpaired) electrons. The Hall–Kier alpha value is -3.39. The monoisotopic (exact) mass is 376 g/mol.